The summed E-state index contributed by atoms with van der Waals surface area (Å²) in [6, 6.07) is 7.48. The number of aromatic amines is 1. The second-order valence-electron chi connectivity index (χ2n) is 4.69. The number of aryl methyl sites for hydroxylation is 1. The van der Waals surface area contributed by atoms with E-state index in [0.717, 1.165) is 11.3 Å². The third-order valence-electron chi connectivity index (χ3n) is 2.59. The van der Waals surface area contributed by atoms with Crippen molar-refractivity contribution in [2.75, 3.05) is 0 Å². The minimum Gasteiger partial charge on any atom is -0.491 e. The molecular weight excluding hydrogens is 258 g/mol. The van der Waals surface area contributed by atoms with Gasteiger partial charge in [0.2, 0.25) is 0 Å². The molecule has 0 saturated carbocycles. The molecular formula is C14H17N3O3. The highest BCUT2D eigenvalue weighted by Gasteiger charge is 2.08. The fourth-order valence-corrected chi connectivity index (χ4v) is 1.72. The molecule has 0 bridgehead atoms. The summed E-state index contributed by atoms with van der Waals surface area (Å²) < 4.78 is 5.56. The highest BCUT2D eigenvalue weighted by Crippen LogP contribution is 2.20. The van der Waals surface area contributed by atoms with E-state index in [0.29, 0.717) is 18.1 Å². The quantitative estimate of drug-likeness (QED) is 0.844. The van der Waals surface area contributed by atoms with Crippen LogP contribution < -0.4 is 4.74 Å². The van der Waals surface area contributed by atoms with Gasteiger partial charge in [0.05, 0.1) is 12.5 Å². The first-order chi connectivity index (χ1) is 9.54. The smallest absolute Gasteiger partial charge is 0.303 e. The summed E-state index contributed by atoms with van der Waals surface area (Å²) in [4.78, 5) is 14.8. The van der Waals surface area contributed by atoms with Crippen LogP contribution in [0.3, 0.4) is 0 Å². The Bertz CT molecular complexity index is 576. The summed E-state index contributed by atoms with van der Waals surface area (Å²) in [7, 11) is 0. The van der Waals surface area contributed by atoms with Crippen LogP contribution in [0.25, 0.3) is 11.4 Å². The molecule has 0 aliphatic heterocycles. The summed E-state index contributed by atoms with van der Waals surface area (Å²) in [6.07, 6.45) is 0.513. The van der Waals surface area contributed by atoms with Crippen molar-refractivity contribution in [3.63, 3.8) is 0 Å². The summed E-state index contributed by atoms with van der Waals surface area (Å²) >= 11 is 0. The van der Waals surface area contributed by atoms with E-state index >= 15 is 0 Å². The molecule has 6 nitrogen and oxygen atoms in total. The van der Waals surface area contributed by atoms with Gasteiger partial charge in [-0.2, -0.15) is 5.10 Å². The number of benzene rings is 1. The maximum Gasteiger partial charge on any atom is 0.303 e. The van der Waals surface area contributed by atoms with E-state index < -0.39 is 5.97 Å². The molecule has 0 aliphatic carbocycles. The van der Waals surface area contributed by atoms with E-state index in [1.54, 1.807) is 0 Å². The fourth-order valence-electron chi connectivity index (χ4n) is 1.72. The predicted octanol–water partition coefficient (Wildman–Crippen LogP) is 2.28. The van der Waals surface area contributed by atoms with E-state index in [1.807, 2.05) is 38.1 Å². The second kappa shape index (κ2) is 6.18. The Morgan fingerprint density at radius 2 is 2.05 bits per heavy atom. The highest BCUT2D eigenvalue weighted by atomic mass is 16.5. The van der Waals surface area contributed by atoms with Gasteiger partial charge in [-0.05, 0) is 38.1 Å². The normalized spacial score (nSPS) is 10.8. The number of carbonyl (C=O) groups is 1. The Balaban J connectivity index is 2.06. The van der Waals surface area contributed by atoms with Gasteiger partial charge >= 0.3 is 5.97 Å². The van der Waals surface area contributed by atoms with E-state index in [1.165, 1.54) is 0 Å². The lowest BCUT2D eigenvalue weighted by molar-refractivity contribution is -0.137. The third kappa shape index (κ3) is 3.81. The number of aliphatic carboxylic acids is 1. The zero-order valence-corrected chi connectivity index (χ0v) is 11.5. The molecule has 1 aromatic carbocycles. The van der Waals surface area contributed by atoms with Crippen LogP contribution in [0.1, 0.15) is 26.1 Å². The number of hydrogen-bond donors (Lipinski definition) is 2. The summed E-state index contributed by atoms with van der Waals surface area (Å²) in [5.74, 6) is 1.08. The zero-order valence-electron chi connectivity index (χ0n) is 11.5. The lowest BCUT2D eigenvalue weighted by Crippen LogP contribution is -2.05. The van der Waals surface area contributed by atoms with Crippen LogP contribution in [0.5, 0.6) is 5.75 Å². The average molecular weight is 275 g/mol. The Morgan fingerprint density at radius 3 is 2.65 bits per heavy atom. The van der Waals surface area contributed by atoms with Crippen LogP contribution in [0.15, 0.2) is 24.3 Å². The van der Waals surface area contributed by atoms with Gasteiger partial charge in [0.1, 0.15) is 11.6 Å². The molecule has 2 aromatic rings. The number of carboxylic acid groups (broad SMARTS) is 1. The van der Waals surface area contributed by atoms with Crippen molar-refractivity contribution in [1.29, 1.82) is 0 Å². The first kappa shape index (κ1) is 14.0. The van der Waals surface area contributed by atoms with Gasteiger partial charge < -0.3 is 9.84 Å². The van der Waals surface area contributed by atoms with Gasteiger partial charge in [-0.3, -0.25) is 9.89 Å². The van der Waals surface area contributed by atoms with E-state index in [4.69, 9.17) is 9.84 Å². The number of aromatic nitrogens is 3. The number of carboxylic acids is 1. The minimum absolute atomic E-state index is 0.0375. The Kier molecular flexibility index (Phi) is 4.34. The van der Waals surface area contributed by atoms with Crippen LogP contribution in [0.4, 0.5) is 0 Å². The Labute approximate surface area is 116 Å². The zero-order chi connectivity index (χ0) is 14.5. The lowest BCUT2D eigenvalue weighted by atomic mass is 10.2. The second-order valence-corrected chi connectivity index (χ2v) is 4.69. The average Bonchev–Trinajstić information content (AvgIpc) is 2.85. The van der Waals surface area contributed by atoms with Crippen molar-refractivity contribution in [1.82, 2.24) is 15.2 Å². The Hall–Kier alpha value is -2.37. The van der Waals surface area contributed by atoms with Crippen molar-refractivity contribution in [3.05, 3.63) is 30.1 Å². The molecule has 0 atom stereocenters. The van der Waals surface area contributed by atoms with Crippen molar-refractivity contribution < 1.29 is 14.6 Å². The van der Waals surface area contributed by atoms with Gasteiger partial charge in [0.25, 0.3) is 0 Å². The minimum atomic E-state index is -0.849. The SMILES string of the molecule is CC(C)Oc1ccc(-c2n[nH]c(CCC(=O)O)n2)cc1. The summed E-state index contributed by atoms with van der Waals surface area (Å²) in [5, 5.41) is 15.5. The van der Waals surface area contributed by atoms with E-state index in [-0.39, 0.29) is 12.5 Å². The number of hydrogen-bond acceptors (Lipinski definition) is 4. The van der Waals surface area contributed by atoms with Crippen LogP contribution >= 0.6 is 0 Å². The van der Waals surface area contributed by atoms with Crippen molar-refractivity contribution in [2.24, 2.45) is 0 Å². The molecule has 0 amide bonds. The van der Waals surface area contributed by atoms with Gasteiger partial charge in [0.15, 0.2) is 5.82 Å². The lowest BCUT2D eigenvalue weighted by Gasteiger charge is -2.09. The molecule has 0 spiro atoms. The fraction of sp³-hybridized carbons (Fsp3) is 0.357. The molecule has 2 rings (SSSR count). The third-order valence-corrected chi connectivity index (χ3v) is 2.59. The van der Waals surface area contributed by atoms with Crippen molar-refractivity contribution in [3.8, 4) is 17.1 Å². The molecule has 1 aromatic heterocycles. The standard InChI is InChI=1S/C14H17N3O3/c1-9(2)20-11-5-3-10(4-6-11)14-15-12(16-17-14)7-8-13(18)19/h3-6,9H,7-8H2,1-2H3,(H,18,19)(H,15,16,17). The molecule has 0 fully saturated rings. The predicted molar refractivity (Wildman–Crippen MR) is 73.5 cm³/mol. The number of rotatable bonds is 6. The molecule has 1 heterocycles. The number of nitrogens with one attached hydrogen (secondary N) is 1. The molecule has 0 unspecified atom stereocenters. The molecule has 106 valence electrons. The molecule has 0 saturated heterocycles. The number of ether oxygens (including phenoxy) is 1. The van der Waals surface area contributed by atoms with Crippen LogP contribution in [-0.2, 0) is 11.2 Å². The number of H-pyrrole nitrogens is 1. The largest absolute Gasteiger partial charge is 0.491 e. The van der Waals surface area contributed by atoms with Crippen LogP contribution in [0, 0.1) is 0 Å². The molecule has 6 heteroatoms. The van der Waals surface area contributed by atoms with Crippen molar-refractivity contribution in [2.45, 2.75) is 32.8 Å². The summed E-state index contributed by atoms with van der Waals surface area (Å²) in [5.41, 5.74) is 0.860. The Morgan fingerprint density at radius 1 is 1.35 bits per heavy atom. The molecule has 0 radical (unpaired) electrons. The summed E-state index contributed by atoms with van der Waals surface area (Å²) in [6.45, 7) is 3.94. The monoisotopic (exact) mass is 275 g/mol. The maximum absolute atomic E-state index is 10.5. The van der Waals surface area contributed by atoms with Crippen molar-refractivity contribution >= 4 is 5.97 Å². The van der Waals surface area contributed by atoms with Crippen LogP contribution in [-0.4, -0.2) is 32.4 Å². The van der Waals surface area contributed by atoms with E-state index in [9.17, 15) is 4.79 Å². The topological polar surface area (TPSA) is 88.1 Å². The van der Waals surface area contributed by atoms with E-state index in [2.05, 4.69) is 15.2 Å². The number of nitrogens with zero attached hydrogens (tertiary/aromatic N) is 2. The highest BCUT2D eigenvalue weighted by molar-refractivity contribution is 5.67. The van der Waals surface area contributed by atoms with Gasteiger partial charge in [0, 0.05) is 12.0 Å². The molecule has 0 aliphatic rings. The van der Waals surface area contributed by atoms with Gasteiger partial charge in [-0.1, -0.05) is 0 Å². The maximum atomic E-state index is 10.5. The van der Waals surface area contributed by atoms with Gasteiger partial charge in [-0.25, -0.2) is 4.98 Å². The molecule has 20 heavy (non-hydrogen) atoms. The molecule has 2 N–H and O–H groups in total. The van der Waals surface area contributed by atoms with Gasteiger partial charge in [-0.15, -0.1) is 0 Å². The van der Waals surface area contributed by atoms with Crippen LogP contribution in [0.2, 0.25) is 0 Å². The first-order valence-corrected chi connectivity index (χ1v) is 6.45. The first-order valence-electron chi connectivity index (χ1n) is 6.45.